The minimum atomic E-state index is -3.62. The number of hydrogen-bond donors (Lipinski definition) is 3. The van der Waals surface area contributed by atoms with E-state index in [4.69, 9.17) is 16.6 Å². The van der Waals surface area contributed by atoms with Crippen LogP contribution in [0, 0.1) is 0 Å². The zero-order valence-electron chi connectivity index (χ0n) is 13.7. The lowest BCUT2D eigenvalue weighted by molar-refractivity contribution is 0.498. The lowest BCUT2D eigenvalue weighted by Crippen LogP contribution is -2.23. The highest BCUT2D eigenvalue weighted by Crippen LogP contribution is 2.15. The normalized spacial score (nSPS) is 11.1. The Morgan fingerprint density at radius 2 is 1.54 bits per heavy atom. The highest BCUT2D eigenvalue weighted by atomic mass is 32.2. The number of anilines is 2. The van der Waals surface area contributed by atoms with Crippen molar-refractivity contribution in [1.82, 2.24) is 4.72 Å². The molecule has 0 radical (unpaired) electrons. The van der Waals surface area contributed by atoms with Gasteiger partial charge in [0, 0.05) is 11.4 Å². The number of rotatable bonds is 6. The fraction of sp³-hybridized carbons (Fsp3) is 0.0556. The van der Waals surface area contributed by atoms with Gasteiger partial charge in [0.1, 0.15) is 5.76 Å². The Labute approximate surface area is 157 Å². The number of para-hydroxylation sites is 1. The second-order valence-corrected chi connectivity index (χ2v) is 7.55. The maximum Gasteiger partial charge on any atom is 0.240 e. The lowest BCUT2D eigenvalue weighted by Gasteiger charge is -2.11. The third-order valence-electron chi connectivity index (χ3n) is 3.47. The molecule has 0 aliphatic carbocycles. The number of furan rings is 1. The van der Waals surface area contributed by atoms with E-state index in [1.807, 2.05) is 30.3 Å². The Hall–Kier alpha value is -2.68. The first-order chi connectivity index (χ1) is 12.5. The largest absolute Gasteiger partial charge is 0.468 e. The predicted molar refractivity (Wildman–Crippen MR) is 105 cm³/mol. The first kappa shape index (κ1) is 18.1. The lowest BCUT2D eigenvalue weighted by atomic mass is 10.3. The minimum Gasteiger partial charge on any atom is -0.468 e. The van der Waals surface area contributed by atoms with Crippen LogP contribution >= 0.6 is 12.2 Å². The summed E-state index contributed by atoms with van der Waals surface area (Å²) >= 11 is 5.25. The predicted octanol–water partition coefficient (Wildman–Crippen LogP) is 3.57. The minimum absolute atomic E-state index is 0.0976. The maximum absolute atomic E-state index is 12.3. The Balaban J connectivity index is 1.59. The van der Waals surface area contributed by atoms with Crippen LogP contribution < -0.4 is 15.4 Å². The number of sulfonamides is 1. The second kappa shape index (κ2) is 8.13. The standard InChI is InChI=1S/C18H17N3O3S2/c22-26(23,19-13-16-7-4-12-24-16)17-10-8-15(9-11-17)21-18(25)20-14-5-2-1-3-6-14/h1-12,19H,13H2,(H2,20,21,25). The van der Waals surface area contributed by atoms with Crippen LogP contribution in [0.2, 0.25) is 0 Å². The highest BCUT2D eigenvalue weighted by Gasteiger charge is 2.14. The van der Waals surface area contributed by atoms with Gasteiger partial charge in [-0.15, -0.1) is 0 Å². The van der Waals surface area contributed by atoms with Crippen LogP contribution in [-0.2, 0) is 16.6 Å². The third-order valence-corrected chi connectivity index (χ3v) is 5.09. The fourth-order valence-corrected chi connectivity index (χ4v) is 3.42. The summed E-state index contributed by atoms with van der Waals surface area (Å²) in [5.41, 5.74) is 1.55. The van der Waals surface area contributed by atoms with Gasteiger partial charge in [0.2, 0.25) is 10.0 Å². The maximum atomic E-state index is 12.3. The molecule has 0 atom stereocenters. The van der Waals surface area contributed by atoms with E-state index in [1.54, 1.807) is 24.3 Å². The smallest absolute Gasteiger partial charge is 0.240 e. The number of hydrogen-bond acceptors (Lipinski definition) is 4. The van der Waals surface area contributed by atoms with E-state index in [1.165, 1.54) is 18.4 Å². The molecule has 0 aliphatic heterocycles. The van der Waals surface area contributed by atoms with Gasteiger partial charge >= 0.3 is 0 Å². The molecule has 1 aromatic heterocycles. The second-order valence-electron chi connectivity index (χ2n) is 5.37. The van der Waals surface area contributed by atoms with Crippen molar-refractivity contribution < 1.29 is 12.8 Å². The van der Waals surface area contributed by atoms with Gasteiger partial charge in [-0.3, -0.25) is 0 Å². The molecule has 134 valence electrons. The molecule has 1 heterocycles. The zero-order chi connectivity index (χ0) is 18.4. The summed E-state index contributed by atoms with van der Waals surface area (Å²) in [7, 11) is -3.62. The monoisotopic (exact) mass is 387 g/mol. The van der Waals surface area contributed by atoms with Crippen molar-refractivity contribution in [2.75, 3.05) is 10.6 Å². The van der Waals surface area contributed by atoms with Crippen molar-refractivity contribution in [1.29, 1.82) is 0 Å². The molecule has 0 fully saturated rings. The molecule has 6 nitrogen and oxygen atoms in total. The van der Waals surface area contributed by atoms with Gasteiger partial charge in [-0.2, -0.15) is 0 Å². The molecule has 0 bridgehead atoms. The molecule has 0 saturated heterocycles. The summed E-state index contributed by atoms with van der Waals surface area (Å²) < 4.78 is 32.2. The molecule has 3 N–H and O–H groups in total. The Kier molecular flexibility index (Phi) is 5.67. The van der Waals surface area contributed by atoms with Crippen LogP contribution in [0.5, 0.6) is 0 Å². The molecule has 3 rings (SSSR count). The fourth-order valence-electron chi connectivity index (χ4n) is 2.19. The van der Waals surface area contributed by atoms with Crippen LogP contribution in [0.15, 0.2) is 82.3 Å². The SMILES string of the molecule is O=S(=O)(NCc1ccco1)c1ccc(NC(=S)Nc2ccccc2)cc1. The average molecular weight is 387 g/mol. The first-order valence-electron chi connectivity index (χ1n) is 7.78. The van der Waals surface area contributed by atoms with Crippen LogP contribution in [0.25, 0.3) is 0 Å². The number of thiocarbonyl (C=S) groups is 1. The molecule has 0 aliphatic rings. The van der Waals surface area contributed by atoms with E-state index in [0.29, 0.717) is 16.6 Å². The Morgan fingerprint density at radius 3 is 2.15 bits per heavy atom. The molecular formula is C18H17N3O3S2. The number of benzene rings is 2. The van der Waals surface area contributed by atoms with Crippen molar-refractivity contribution in [3.05, 3.63) is 78.8 Å². The van der Waals surface area contributed by atoms with Crippen molar-refractivity contribution in [2.24, 2.45) is 0 Å². The Bertz CT molecular complexity index is 955. The summed E-state index contributed by atoms with van der Waals surface area (Å²) in [6, 6.07) is 19.3. The van der Waals surface area contributed by atoms with Crippen LogP contribution in [0.4, 0.5) is 11.4 Å². The Morgan fingerprint density at radius 1 is 0.885 bits per heavy atom. The van der Waals surface area contributed by atoms with Crippen molar-refractivity contribution >= 4 is 38.7 Å². The van der Waals surface area contributed by atoms with Gasteiger partial charge in [0.25, 0.3) is 0 Å². The number of nitrogens with one attached hydrogen (secondary N) is 3. The van der Waals surface area contributed by atoms with Crippen LogP contribution in [-0.4, -0.2) is 13.5 Å². The summed E-state index contributed by atoms with van der Waals surface area (Å²) in [4.78, 5) is 0.163. The molecule has 0 unspecified atom stereocenters. The van der Waals surface area contributed by atoms with Gasteiger partial charge in [0.15, 0.2) is 5.11 Å². The van der Waals surface area contributed by atoms with Gasteiger partial charge in [-0.1, -0.05) is 18.2 Å². The quantitative estimate of drug-likeness (QED) is 0.561. The van der Waals surface area contributed by atoms with Crippen LogP contribution in [0.3, 0.4) is 0 Å². The van der Waals surface area contributed by atoms with Crippen molar-refractivity contribution in [3.63, 3.8) is 0 Å². The van der Waals surface area contributed by atoms with E-state index in [2.05, 4.69) is 15.4 Å². The summed E-state index contributed by atoms with van der Waals surface area (Å²) in [6.45, 7) is 0.0976. The first-order valence-corrected chi connectivity index (χ1v) is 9.67. The molecule has 0 saturated carbocycles. The van der Waals surface area contributed by atoms with E-state index >= 15 is 0 Å². The van der Waals surface area contributed by atoms with Crippen LogP contribution in [0.1, 0.15) is 5.76 Å². The molecule has 0 spiro atoms. The molecule has 0 amide bonds. The van der Waals surface area contributed by atoms with Gasteiger partial charge < -0.3 is 15.1 Å². The third kappa shape index (κ3) is 4.92. The summed E-state index contributed by atoms with van der Waals surface area (Å²) in [6.07, 6.45) is 1.50. The molecular weight excluding hydrogens is 370 g/mol. The molecule has 2 aromatic carbocycles. The van der Waals surface area contributed by atoms with Crippen molar-refractivity contribution in [2.45, 2.75) is 11.4 Å². The topological polar surface area (TPSA) is 83.4 Å². The van der Waals surface area contributed by atoms with E-state index in [9.17, 15) is 8.42 Å². The van der Waals surface area contributed by atoms with E-state index < -0.39 is 10.0 Å². The zero-order valence-corrected chi connectivity index (χ0v) is 15.3. The molecule has 26 heavy (non-hydrogen) atoms. The summed E-state index contributed by atoms with van der Waals surface area (Å²) in [5.74, 6) is 0.546. The van der Waals surface area contributed by atoms with Gasteiger partial charge in [-0.25, -0.2) is 13.1 Å². The summed E-state index contributed by atoms with van der Waals surface area (Å²) in [5, 5.41) is 6.48. The van der Waals surface area contributed by atoms with Gasteiger partial charge in [0.05, 0.1) is 17.7 Å². The van der Waals surface area contributed by atoms with E-state index in [-0.39, 0.29) is 11.4 Å². The van der Waals surface area contributed by atoms with Gasteiger partial charge in [-0.05, 0) is 60.7 Å². The molecule has 8 heteroatoms. The highest BCUT2D eigenvalue weighted by molar-refractivity contribution is 7.89. The van der Waals surface area contributed by atoms with Crippen molar-refractivity contribution in [3.8, 4) is 0 Å². The molecule has 3 aromatic rings. The average Bonchev–Trinajstić information content (AvgIpc) is 3.15. The van der Waals surface area contributed by atoms with E-state index in [0.717, 1.165) is 5.69 Å².